The maximum absolute atomic E-state index is 6.02. The molecule has 6 heteroatoms. The minimum absolute atomic E-state index is 0.271. The van der Waals surface area contributed by atoms with E-state index in [9.17, 15) is 0 Å². The third-order valence-corrected chi connectivity index (χ3v) is 4.86. The van der Waals surface area contributed by atoms with Crippen molar-refractivity contribution < 1.29 is 0 Å². The van der Waals surface area contributed by atoms with Crippen LogP contribution < -0.4 is 16.0 Å². The number of benzene rings is 2. The maximum atomic E-state index is 6.02. The molecule has 0 radical (unpaired) electrons. The predicted molar refractivity (Wildman–Crippen MR) is 111 cm³/mol. The maximum Gasteiger partial charge on any atom is 0.227 e. The summed E-state index contributed by atoms with van der Waals surface area (Å²) in [7, 11) is 4.14. The van der Waals surface area contributed by atoms with Crippen LogP contribution in [0.4, 0.5) is 17.3 Å². The lowest BCUT2D eigenvalue weighted by atomic mass is 10.2. The van der Waals surface area contributed by atoms with Gasteiger partial charge in [0.15, 0.2) is 0 Å². The number of hydrogen-bond donors (Lipinski definition) is 2. The van der Waals surface area contributed by atoms with Crippen LogP contribution in [0.3, 0.4) is 0 Å². The van der Waals surface area contributed by atoms with E-state index in [1.54, 1.807) is 0 Å². The molecule has 2 aromatic carbocycles. The standard InChI is InChI=1S/C21H26N6/c1-26(2)13-15-3-5-18(6-4-15)24-21-23-12-16-11-19(7-8-20(16)25-21)27-10-9-17(22)14-27/h3-8,11-12,17H,9-10,13-14,22H2,1-2H3,(H,23,24,25). The summed E-state index contributed by atoms with van der Waals surface area (Å²) in [5.41, 5.74) is 10.4. The Bertz CT molecular complexity index is 922. The van der Waals surface area contributed by atoms with Crippen molar-refractivity contribution in [1.82, 2.24) is 14.9 Å². The van der Waals surface area contributed by atoms with Gasteiger partial charge in [0.1, 0.15) is 0 Å². The van der Waals surface area contributed by atoms with Crippen molar-refractivity contribution in [2.45, 2.75) is 19.0 Å². The van der Waals surface area contributed by atoms with Crippen molar-refractivity contribution in [2.24, 2.45) is 5.73 Å². The summed E-state index contributed by atoms with van der Waals surface area (Å²) in [6, 6.07) is 15.0. The Labute approximate surface area is 160 Å². The molecule has 0 bridgehead atoms. The van der Waals surface area contributed by atoms with Gasteiger partial charge in [-0.1, -0.05) is 12.1 Å². The number of nitrogens with two attached hydrogens (primary N) is 1. The van der Waals surface area contributed by atoms with E-state index in [0.717, 1.165) is 42.6 Å². The fourth-order valence-electron chi connectivity index (χ4n) is 3.49. The van der Waals surface area contributed by atoms with Gasteiger partial charge in [-0.2, -0.15) is 0 Å². The minimum atomic E-state index is 0.271. The molecule has 2 heterocycles. The van der Waals surface area contributed by atoms with E-state index in [2.05, 4.69) is 81.6 Å². The third-order valence-electron chi connectivity index (χ3n) is 4.86. The largest absolute Gasteiger partial charge is 0.370 e. The van der Waals surface area contributed by atoms with Gasteiger partial charge < -0.3 is 20.9 Å². The monoisotopic (exact) mass is 362 g/mol. The van der Waals surface area contributed by atoms with Gasteiger partial charge in [0, 0.05) is 48.6 Å². The Hall–Kier alpha value is -2.70. The highest BCUT2D eigenvalue weighted by Crippen LogP contribution is 2.25. The number of nitrogens with zero attached hydrogens (tertiary/aromatic N) is 4. The van der Waals surface area contributed by atoms with Crippen molar-refractivity contribution >= 4 is 28.2 Å². The fraction of sp³-hybridized carbons (Fsp3) is 0.333. The molecule has 4 rings (SSSR count). The first-order chi connectivity index (χ1) is 13.1. The summed E-state index contributed by atoms with van der Waals surface area (Å²) in [6.45, 7) is 2.85. The smallest absolute Gasteiger partial charge is 0.227 e. The third kappa shape index (κ3) is 4.18. The molecule has 0 spiro atoms. The normalized spacial score (nSPS) is 17.0. The zero-order valence-corrected chi connectivity index (χ0v) is 15.9. The van der Waals surface area contributed by atoms with E-state index in [1.165, 1.54) is 11.3 Å². The summed E-state index contributed by atoms with van der Waals surface area (Å²) in [4.78, 5) is 13.6. The van der Waals surface area contributed by atoms with Crippen LogP contribution in [0, 0.1) is 0 Å². The predicted octanol–water partition coefficient (Wildman–Crippen LogP) is 2.97. The minimum Gasteiger partial charge on any atom is -0.370 e. The van der Waals surface area contributed by atoms with Crippen LogP contribution in [0.5, 0.6) is 0 Å². The van der Waals surface area contributed by atoms with E-state index in [1.807, 2.05) is 6.20 Å². The molecule has 1 saturated heterocycles. The Morgan fingerprint density at radius 3 is 2.70 bits per heavy atom. The molecule has 0 amide bonds. The van der Waals surface area contributed by atoms with Crippen LogP contribution in [0.25, 0.3) is 10.9 Å². The Balaban J connectivity index is 1.50. The Morgan fingerprint density at radius 1 is 1.19 bits per heavy atom. The van der Waals surface area contributed by atoms with E-state index in [0.29, 0.717) is 5.95 Å². The Morgan fingerprint density at radius 2 is 2.00 bits per heavy atom. The van der Waals surface area contributed by atoms with Gasteiger partial charge in [-0.05, 0) is 56.4 Å². The molecule has 3 aromatic rings. The van der Waals surface area contributed by atoms with Crippen LogP contribution in [0.1, 0.15) is 12.0 Å². The summed E-state index contributed by atoms with van der Waals surface area (Å²) < 4.78 is 0. The van der Waals surface area contributed by atoms with Crippen molar-refractivity contribution in [3.8, 4) is 0 Å². The lowest BCUT2D eigenvalue weighted by Crippen LogP contribution is -2.26. The van der Waals surface area contributed by atoms with E-state index in [4.69, 9.17) is 5.73 Å². The first-order valence-corrected chi connectivity index (χ1v) is 9.35. The summed E-state index contributed by atoms with van der Waals surface area (Å²) in [5.74, 6) is 0.610. The van der Waals surface area contributed by atoms with E-state index < -0.39 is 0 Å². The zero-order chi connectivity index (χ0) is 18.8. The number of rotatable bonds is 5. The van der Waals surface area contributed by atoms with E-state index in [-0.39, 0.29) is 6.04 Å². The summed E-state index contributed by atoms with van der Waals surface area (Å²) in [5, 5.41) is 4.33. The van der Waals surface area contributed by atoms with Crippen LogP contribution >= 0.6 is 0 Å². The number of anilines is 3. The molecule has 140 valence electrons. The average molecular weight is 362 g/mol. The van der Waals surface area contributed by atoms with Gasteiger partial charge in [-0.25, -0.2) is 9.97 Å². The van der Waals surface area contributed by atoms with Crippen molar-refractivity contribution in [1.29, 1.82) is 0 Å². The summed E-state index contributed by atoms with van der Waals surface area (Å²) >= 11 is 0. The van der Waals surface area contributed by atoms with Gasteiger partial charge >= 0.3 is 0 Å². The lowest BCUT2D eigenvalue weighted by Gasteiger charge is -2.18. The molecular weight excluding hydrogens is 336 g/mol. The topological polar surface area (TPSA) is 70.3 Å². The molecule has 1 aliphatic rings. The van der Waals surface area contributed by atoms with Gasteiger partial charge in [-0.15, -0.1) is 0 Å². The number of fused-ring (bicyclic) bond motifs is 1. The molecule has 1 aromatic heterocycles. The summed E-state index contributed by atoms with van der Waals surface area (Å²) in [6.07, 6.45) is 2.93. The van der Waals surface area contributed by atoms with Crippen LogP contribution in [-0.4, -0.2) is 48.1 Å². The highest BCUT2D eigenvalue weighted by Gasteiger charge is 2.19. The molecule has 1 unspecified atom stereocenters. The highest BCUT2D eigenvalue weighted by atomic mass is 15.2. The van der Waals surface area contributed by atoms with Gasteiger partial charge in [0.25, 0.3) is 0 Å². The van der Waals surface area contributed by atoms with Crippen molar-refractivity contribution in [3.63, 3.8) is 0 Å². The molecule has 1 atom stereocenters. The molecule has 6 nitrogen and oxygen atoms in total. The zero-order valence-electron chi connectivity index (χ0n) is 15.9. The second kappa shape index (κ2) is 7.50. The average Bonchev–Trinajstić information content (AvgIpc) is 3.09. The first kappa shape index (κ1) is 17.7. The highest BCUT2D eigenvalue weighted by molar-refractivity contribution is 5.83. The van der Waals surface area contributed by atoms with Gasteiger partial charge in [0.2, 0.25) is 5.95 Å². The van der Waals surface area contributed by atoms with Crippen molar-refractivity contribution in [2.75, 3.05) is 37.4 Å². The van der Waals surface area contributed by atoms with Gasteiger partial charge in [-0.3, -0.25) is 0 Å². The van der Waals surface area contributed by atoms with E-state index >= 15 is 0 Å². The quantitative estimate of drug-likeness (QED) is 0.727. The Kier molecular flexibility index (Phi) is 4.92. The second-order valence-electron chi connectivity index (χ2n) is 7.49. The number of hydrogen-bond acceptors (Lipinski definition) is 6. The fourth-order valence-corrected chi connectivity index (χ4v) is 3.49. The van der Waals surface area contributed by atoms with Crippen LogP contribution in [0.15, 0.2) is 48.7 Å². The first-order valence-electron chi connectivity index (χ1n) is 9.35. The number of nitrogens with one attached hydrogen (secondary N) is 1. The van der Waals surface area contributed by atoms with Gasteiger partial charge in [0.05, 0.1) is 5.52 Å². The number of aromatic nitrogens is 2. The molecule has 1 aliphatic heterocycles. The SMILES string of the molecule is CN(C)Cc1ccc(Nc2ncc3cc(N4CCC(N)C4)ccc3n2)cc1. The molecule has 0 aliphatic carbocycles. The second-order valence-corrected chi connectivity index (χ2v) is 7.49. The molecule has 0 saturated carbocycles. The van der Waals surface area contributed by atoms with Crippen LogP contribution in [0.2, 0.25) is 0 Å². The van der Waals surface area contributed by atoms with Crippen LogP contribution in [-0.2, 0) is 6.54 Å². The molecule has 1 fully saturated rings. The lowest BCUT2D eigenvalue weighted by molar-refractivity contribution is 0.402. The molecule has 3 N–H and O–H groups in total. The molecular formula is C21H26N6. The molecule has 27 heavy (non-hydrogen) atoms. The van der Waals surface area contributed by atoms with Crippen molar-refractivity contribution in [3.05, 3.63) is 54.2 Å².